The number of sulfonamides is 1. The van der Waals surface area contributed by atoms with Crippen molar-refractivity contribution in [3.63, 3.8) is 0 Å². The van der Waals surface area contributed by atoms with Crippen molar-refractivity contribution in [2.45, 2.75) is 70.2 Å². The van der Waals surface area contributed by atoms with Crippen LogP contribution < -0.4 is 0 Å². The van der Waals surface area contributed by atoms with Crippen LogP contribution in [0.2, 0.25) is 0 Å². The summed E-state index contributed by atoms with van der Waals surface area (Å²) in [6.07, 6.45) is 7.23. The number of rotatable bonds is 3. The molecule has 0 amide bonds. The molecule has 0 unspecified atom stereocenters. The molecule has 23 heavy (non-hydrogen) atoms. The lowest BCUT2D eigenvalue weighted by Gasteiger charge is -2.33. The largest absolute Gasteiger partial charge is 0.243 e. The fraction of sp³-hybridized carbons (Fsp3) is 0.684. The molecule has 1 spiro atoms. The Morgan fingerprint density at radius 1 is 1.09 bits per heavy atom. The number of aryl methyl sites for hydroxylation is 1. The first-order valence-corrected chi connectivity index (χ1v) is 10.4. The van der Waals surface area contributed by atoms with E-state index >= 15 is 0 Å². The average Bonchev–Trinajstić information content (AvgIpc) is 2.89. The number of hydrogen-bond donors (Lipinski definition) is 0. The third kappa shape index (κ3) is 3.20. The van der Waals surface area contributed by atoms with Crippen molar-refractivity contribution in [3.8, 4) is 0 Å². The van der Waals surface area contributed by atoms with Gasteiger partial charge >= 0.3 is 0 Å². The average molecular weight is 336 g/mol. The SMILES string of the molecule is Cc1ccc(S(=O)(=O)N2CC3(CCCCC3)C[C@H]2C(C)C)cc1. The Labute approximate surface area is 141 Å². The molecule has 1 heterocycles. The minimum Gasteiger partial charge on any atom is -0.207 e. The predicted octanol–water partition coefficient (Wildman–Crippen LogP) is 4.36. The van der Waals surface area contributed by atoms with E-state index in [-0.39, 0.29) is 11.5 Å². The van der Waals surface area contributed by atoms with Crippen molar-refractivity contribution in [3.05, 3.63) is 29.8 Å². The molecule has 128 valence electrons. The molecule has 3 nitrogen and oxygen atoms in total. The molecule has 1 aliphatic carbocycles. The first kappa shape index (κ1) is 17.0. The standard InChI is InChI=1S/C19H29NO2S/c1-15(2)18-13-19(11-5-4-6-12-19)14-20(18)23(21,22)17-9-7-16(3)8-10-17/h7-10,15,18H,4-6,11-14H2,1-3H3/t18-/m0/s1. The van der Waals surface area contributed by atoms with Gasteiger partial charge in [-0.15, -0.1) is 0 Å². The molecule has 2 aliphatic rings. The van der Waals surface area contributed by atoms with E-state index in [0.717, 1.165) is 12.0 Å². The molecule has 1 saturated heterocycles. The van der Waals surface area contributed by atoms with Crippen molar-refractivity contribution in [1.82, 2.24) is 4.31 Å². The van der Waals surface area contributed by atoms with Crippen molar-refractivity contribution >= 4 is 10.0 Å². The van der Waals surface area contributed by atoms with E-state index in [1.807, 2.05) is 23.4 Å². The highest BCUT2D eigenvalue weighted by Crippen LogP contribution is 2.49. The van der Waals surface area contributed by atoms with E-state index in [9.17, 15) is 8.42 Å². The molecule has 0 N–H and O–H groups in total. The second-order valence-corrected chi connectivity index (χ2v) is 9.83. The van der Waals surface area contributed by atoms with Gasteiger partial charge in [-0.25, -0.2) is 8.42 Å². The van der Waals surface area contributed by atoms with E-state index in [1.54, 1.807) is 12.1 Å². The quantitative estimate of drug-likeness (QED) is 0.823. The molecule has 0 aromatic heterocycles. The maximum atomic E-state index is 13.2. The van der Waals surface area contributed by atoms with Gasteiger partial charge in [0.05, 0.1) is 4.90 Å². The van der Waals surface area contributed by atoms with Gasteiger partial charge in [0.25, 0.3) is 0 Å². The molecular formula is C19H29NO2S. The fourth-order valence-corrected chi connectivity index (χ4v) is 6.27. The van der Waals surface area contributed by atoms with E-state index in [0.29, 0.717) is 17.4 Å². The van der Waals surface area contributed by atoms with Crippen LogP contribution in [0.3, 0.4) is 0 Å². The zero-order valence-corrected chi connectivity index (χ0v) is 15.4. The van der Waals surface area contributed by atoms with Gasteiger partial charge in [0.15, 0.2) is 0 Å². The molecule has 0 radical (unpaired) electrons. The molecule has 3 rings (SSSR count). The van der Waals surface area contributed by atoms with Crippen LogP contribution in [0.4, 0.5) is 0 Å². The Bertz CT molecular complexity index is 642. The molecule has 0 bridgehead atoms. The second kappa shape index (κ2) is 6.21. The van der Waals surface area contributed by atoms with E-state index < -0.39 is 10.0 Å². The van der Waals surface area contributed by atoms with Gasteiger partial charge in [-0.2, -0.15) is 4.31 Å². The number of benzene rings is 1. The van der Waals surface area contributed by atoms with E-state index in [4.69, 9.17) is 0 Å². The lowest BCUT2D eigenvalue weighted by Crippen LogP contribution is -2.39. The Kier molecular flexibility index (Phi) is 4.58. The Morgan fingerprint density at radius 2 is 1.70 bits per heavy atom. The maximum absolute atomic E-state index is 13.2. The topological polar surface area (TPSA) is 37.4 Å². The molecular weight excluding hydrogens is 306 g/mol. The summed E-state index contributed by atoms with van der Waals surface area (Å²) >= 11 is 0. The van der Waals surface area contributed by atoms with Gasteiger partial charge in [0.2, 0.25) is 10.0 Å². The Hall–Kier alpha value is -0.870. The second-order valence-electron chi connectivity index (χ2n) is 7.94. The first-order valence-electron chi connectivity index (χ1n) is 8.93. The predicted molar refractivity (Wildman–Crippen MR) is 93.8 cm³/mol. The molecule has 1 saturated carbocycles. The van der Waals surface area contributed by atoms with Gasteiger partial charge in [0, 0.05) is 12.6 Å². The summed E-state index contributed by atoms with van der Waals surface area (Å²) in [5.41, 5.74) is 1.32. The van der Waals surface area contributed by atoms with Crippen LogP contribution in [0.5, 0.6) is 0 Å². The molecule has 1 atom stereocenters. The van der Waals surface area contributed by atoms with Crippen molar-refractivity contribution in [2.24, 2.45) is 11.3 Å². The number of nitrogens with zero attached hydrogens (tertiary/aromatic N) is 1. The maximum Gasteiger partial charge on any atom is 0.243 e. The molecule has 4 heteroatoms. The van der Waals surface area contributed by atoms with Crippen LogP contribution >= 0.6 is 0 Å². The number of hydrogen-bond acceptors (Lipinski definition) is 2. The highest BCUT2D eigenvalue weighted by molar-refractivity contribution is 7.89. The summed E-state index contributed by atoms with van der Waals surface area (Å²) in [4.78, 5) is 0.446. The first-order chi connectivity index (χ1) is 10.8. The summed E-state index contributed by atoms with van der Waals surface area (Å²) in [5, 5.41) is 0. The summed E-state index contributed by atoms with van der Waals surface area (Å²) in [6.45, 7) is 7.01. The fourth-order valence-electron chi connectivity index (χ4n) is 4.40. The van der Waals surface area contributed by atoms with Crippen molar-refractivity contribution in [2.75, 3.05) is 6.54 Å². The summed E-state index contributed by atoms with van der Waals surface area (Å²) in [6, 6.07) is 7.44. The van der Waals surface area contributed by atoms with Crippen molar-refractivity contribution < 1.29 is 8.42 Å². The van der Waals surface area contributed by atoms with E-state index in [1.165, 1.54) is 32.1 Å². The van der Waals surface area contributed by atoms with Gasteiger partial charge in [0.1, 0.15) is 0 Å². The third-order valence-electron chi connectivity index (χ3n) is 5.81. The van der Waals surface area contributed by atoms with Gasteiger partial charge in [-0.05, 0) is 49.7 Å². The normalized spacial score (nSPS) is 25.3. The summed E-state index contributed by atoms with van der Waals surface area (Å²) in [7, 11) is -3.39. The highest BCUT2D eigenvalue weighted by atomic mass is 32.2. The van der Waals surface area contributed by atoms with Gasteiger partial charge in [-0.3, -0.25) is 0 Å². The third-order valence-corrected chi connectivity index (χ3v) is 7.70. The van der Waals surface area contributed by atoms with Crippen LogP contribution in [0.25, 0.3) is 0 Å². The zero-order valence-electron chi connectivity index (χ0n) is 14.6. The Morgan fingerprint density at radius 3 is 2.26 bits per heavy atom. The van der Waals surface area contributed by atoms with Crippen LogP contribution in [-0.2, 0) is 10.0 Å². The smallest absolute Gasteiger partial charge is 0.207 e. The highest BCUT2D eigenvalue weighted by Gasteiger charge is 2.49. The van der Waals surface area contributed by atoms with Crippen LogP contribution in [0, 0.1) is 18.3 Å². The monoisotopic (exact) mass is 335 g/mol. The Balaban J connectivity index is 1.93. The summed E-state index contributed by atoms with van der Waals surface area (Å²) in [5.74, 6) is 0.358. The van der Waals surface area contributed by atoms with Crippen LogP contribution in [0.1, 0.15) is 57.9 Å². The van der Waals surface area contributed by atoms with E-state index in [2.05, 4.69) is 13.8 Å². The molecule has 1 aromatic rings. The summed E-state index contributed by atoms with van der Waals surface area (Å²) < 4.78 is 28.3. The van der Waals surface area contributed by atoms with Crippen LogP contribution in [0.15, 0.2) is 29.2 Å². The van der Waals surface area contributed by atoms with Gasteiger partial charge in [-0.1, -0.05) is 50.8 Å². The minimum atomic E-state index is -3.39. The lowest BCUT2D eigenvalue weighted by atomic mass is 9.72. The van der Waals surface area contributed by atoms with Gasteiger partial charge < -0.3 is 0 Å². The molecule has 2 fully saturated rings. The van der Waals surface area contributed by atoms with Crippen LogP contribution in [-0.4, -0.2) is 25.3 Å². The van der Waals surface area contributed by atoms with Crippen molar-refractivity contribution in [1.29, 1.82) is 0 Å². The molecule has 1 aromatic carbocycles. The zero-order chi connectivity index (χ0) is 16.7. The lowest BCUT2D eigenvalue weighted by molar-refractivity contribution is 0.203. The minimum absolute atomic E-state index is 0.138. The molecule has 1 aliphatic heterocycles.